The molecule has 19 heavy (non-hydrogen) atoms. The van der Waals surface area contributed by atoms with Crippen molar-refractivity contribution >= 4 is 39.8 Å². The van der Waals surface area contributed by atoms with Crippen LogP contribution in [0.5, 0.6) is 0 Å². The van der Waals surface area contributed by atoms with Gasteiger partial charge in [0.05, 0.1) is 12.2 Å². The van der Waals surface area contributed by atoms with Crippen molar-refractivity contribution in [1.82, 2.24) is 10.3 Å². The lowest BCUT2D eigenvalue weighted by Crippen LogP contribution is -2.28. The van der Waals surface area contributed by atoms with Crippen LogP contribution in [-0.4, -0.2) is 18.1 Å². The highest BCUT2D eigenvalue weighted by Crippen LogP contribution is 2.15. The molecule has 2 aromatic rings. The first-order valence-corrected chi connectivity index (χ1v) is 6.85. The molecule has 0 bridgehead atoms. The number of rotatable bonds is 4. The maximum Gasteiger partial charge on any atom is 0.319 e. The van der Waals surface area contributed by atoms with Crippen molar-refractivity contribution in [2.75, 3.05) is 17.7 Å². The second kappa shape index (κ2) is 6.40. The van der Waals surface area contributed by atoms with Gasteiger partial charge >= 0.3 is 6.03 Å². The van der Waals surface area contributed by atoms with Crippen LogP contribution in [0.15, 0.2) is 29.6 Å². The van der Waals surface area contributed by atoms with Crippen LogP contribution < -0.4 is 16.0 Å². The predicted octanol–water partition coefficient (Wildman–Crippen LogP) is 3.16. The summed E-state index contributed by atoms with van der Waals surface area (Å²) in [7, 11) is 1.81. The van der Waals surface area contributed by atoms with Crippen molar-refractivity contribution in [3.05, 3.63) is 40.4 Å². The summed E-state index contributed by atoms with van der Waals surface area (Å²) in [6.45, 7) is 0.380. The summed E-state index contributed by atoms with van der Waals surface area (Å²) in [4.78, 5) is 15.9. The van der Waals surface area contributed by atoms with Gasteiger partial charge in [0, 0.05) is 23.1 Å². The first-order chi connectivity index (χ1) is 9.17. The minimum Gasteiger partial charge on any atom is -0.365 e. The van der Waals surface area contributed by atoms with Crippen LogP contribution in [0.2, 0.25) is 5.02 Å². The van der Waals surface area contributed by atoms with Crippen LogP contribution in [0.4, 0.5) is 15.6 Å². The van der Waals surface area contributed by atoms with Gasteiger partial charge in [-0.25, -0.2) is 9.78 Å². The molecule has 0 radical (unpaired) electrons. The minimum absolute atomic E-state index is 0.290. The van der Waals surface area contributed by atoms with Crippen LogP contribution in [0.3, 0.4) is 0 Å². The van der Waals surface area contributed by atoms with Crippen LogP contribution in [0.1, 0.15) is 5.69 Å². The molecule has 0 saturated heterocycles. The molecule has 2 rings (SSSR count). The molecule has 7 heteroatoms. The Labute approximate surface area is 120 Å². The van der Waals surface area contributed by atoms with Crippen molar-refractivity contribution in [1.29, 1.82) is 0 Å². The zero-order valence-electron chi connectivity index (χ0n) is 10.2. The lowest BCUT2D eigenvalue weighted by Gasteiger charge is -2.06. The number of carbonyl (C=O) groups excluding carboxylic acids is 1. The average Bonchev–Trinajstić information content (AvgIpc) is 2.84. The number of carbonyl (C=O) groups is 1. The van der Waals surface area contributed by atoms with Gasteiger partial charge in [-0.2, -0.15) is 0 Å². The van der Waals surface area contributed by atoms with Crippen molar-refractivity contribution in [2.24, 2.45) is 0 Å². The van der Waals surface area contributed by atoms with E-state index in [2.05, 4.69) is 20.9 Å². The van der Waals surface area contributed by atoms with E-state index in [4.69, 9.17) is 11.6 Å². The minimum atomic E-state index is -0.290. The third kappa shape index (κ3) is 4.11. The lowest BCUT2D eigenvalue weighted by atomic mass is 10.3. The molecule has 1 heterocycles. The largest absolute Gasteiger partial charge is 0.365 e. The fraction of sp³-hybridized carbons (Fsp3) is 0.167. The number of benzene rings is 1. The van der Waals surface area contributed by atoms with Gasteiger partial charge < -0.3 is 16.0 Å². The van der Waals surface area contributed by atoms with Gasteiger partial charge in [0.15, 0.2) is 5.13 Å². The molecular weight excluding hydrogens is 284 g/mol. The summed E-state index contributed by atoms with van der Waals surface area (Å²) in [6.07, 6.45) is 0. The zero-order valence-corrected chi connectivity index (χ0v) is 11.8. The van der Waals surface area contributed by atoms with Crippen molar-refractivity contribution in [2.45, 2.75) is 6.54 Å². The Bertz CT molecular complexity index is 572. The molecule has 0 aliphatic carbocycles. The maximum absolute atomic E-state index is 11.7. The molecule has 1 aromatic heterocycles. The molecule has 0 spiro atoms. The van der Waals surface area contributed by atoms with E-state index >= 15 is 0 Å². The number of aromatic nitrogens is 1. The maximum atomic E-state index is 11.7. The highest BCUT2D eigenvalue weighted by Gasteiger charge is 2.04. The van der Waals surface area contributed by atoms with Gasteiger partial charge in [-0.15, -0.1) is 11.3 Å². The Morgan fingerprint density at radius 3 is 3.00 bits per heavy atom. The topological polar surface area (TPSA) is 66.0 Å². The smallest absolute Gasteiger partial charge is 0.319 e. The fourth-order valence-electron chi connectivity index (χ4n) is 1.42. The number of amides is 2. The standard InChI is InChI=1S/C12H13ClN4OS/c1-14-12-17-10(7-19-12)6-15-11(18)16-9-4-2-3-8(13)5-9/h2-5,7H,6H2,1H3,(H,14,17)(H2,15,16,18). The van der Waals surface area contributed by atoms with E-state index in [1.54, 1.807) is 24.3 Å². The van der Waals surface area contributed by atoms with E-state index in [0.717, 1.165) is 10.8 Å². The molecule has 0 fully saturated rings. The van der Waals surface area contributed by atoms with Gasteiger partial charge in [0.1, 0.15) is 0 Å². The monoisotopic (exact) mass is 296 g/mol. The first-order valence-electron chi connectivity index (χ1n) is 5.60. The Morgan fingerprint density at radius 1 is 1.47 bits per heavy atom. The number of thiazole rings is 1. The van der Waals surface area contributed by atoms with Gasteiger partial charge in [0.25, 0.3) is 0 Å². The normalized spacial score (nSPS) is 10.0. The third-order valence-corrected chi connectivity index (χ3v) is 3.42. The molecule has 0 atom stereocenters. The van der Waals surface area contributed by atoms with E-state index < -0.39 is 0 Å². The molecule has 3 N–H and O–H groups in total. The summed E-state index contributed by atoms with van der Waals surface area (Å²) < 4.78 is 0. The number of urea groups is 1. The molecule has 0 aliphatic heterocycles. The predicted molar refractivity (Wildman–Crippen MR) is 79.0 cm³/mol. The van der Waals surface area contributed by atoms with E-state index in [0.29, 0.717) is 17.3 Å². The first kappa shape index (κ1) is 13.6. The van der Waals surface area contributed by atoms with Crippen LogP contribution in [0.25, 0.3) is 0 Å². The number of nitrogens with one attached hydrogen (secondary N) is 3. The SMILES string of the molecule is CNc1nc(CNC(=O)Nc2cccc(Cl)c2)cs1. The summed E-state index contributed by atoms with van der Waals surface area (Å²) in [5.41, 5.74) is 1.47. The highest BCUT2D eigenvalue weighted by atomic mass is 35.5. The average molecular weight is 297 g/mol. The van der Waals surface area contributed by atoms with Gasteiger partial charge in [-0.05, 0) is 18.2 Å². The van der Waals surface area contributed by atoms with Gasteiger partial charge in [0.2, 0.25) is 0 Å². The van der Waals surface area contributed by atoms with Crippen LogP contribution >= 0.6 is 22.9 Å². The second-order valence-electron chi connectivity index (χ2n) is 3.71. The summed E-state index contributed by atoms with van der Waals surface area (Å²) >= 11 is 7.33. The van der Waals surface area contributed by atoms with E-state index in [9.17, 15) is 4.79 Å². The van der Waals surface area contributed by atoms with E-state index in [-0.39, 0.29) is 6.03 Å². The number of anilines is 2. The summed E-state index contributed by atoms with van der Waals surface area (Å²) in [5.74, 6) is 0. The second-order valence-corrected chi connectivity index (χ2v) is 5.01. The molecule has 0 saturated carbocycles. The molecule has 100 valence electrons. The summed E-state index contributed by atoms with van der Waals surface area (Å²) in [5, 5.41) is 11.7. The molecule has 0 aliphatic rings. The molecule has 1 aromatic carbocycles. The van der Waals surface area contributed by atoms with Gasteiger partial charge in [-0.3, -0.25) is 0 Å². The van der Waals surface area contributed by atoms with Crippen molar-refractivity contribution in [3.63, 3.8) is 0 Å². The molecule has 5 nitrogen and oxygen atoms in total. The van der Waals surface area contributed by atoms with Crippen LogP contribution in [-0.2, 0) is 6.54 Å². The Morgan fingerprint density at radius 2 is 2.32 bits per heavy atom. The number of hydrogen-bond donors (Lipinski definition) is 3. The number of halogens is 1. The Hall–Kier alpha value is -1.79. The van der Waals surface area contributed by atoms with E-state index in [1.807, 2.05) is 12.4 Å². The summed E-state index contributed by atoms with van der Waals surface area (Å²) in [6, 6.07) is 6.69. The molecule has 0 unspecified atom stereocenters. The third-order valence-electron chi connectivity index (χ3n) is 2.28. The lowest BCUT2D eigenvalue weighted by molar-refractivity contribution is 0.251. The van der Waals surface area contributed by atoms with Crippen molar-refractivity contribution in [3.8, 4) is 0 Å². The van der Waals surface area contributed by atoms with E-state index in [1.165, 1.54) is 11.3 Å². The quantitative estimate of drug-likeness (QED) is 0.812. The Kier molecular flexibility index (Phi) is 4.59. The van der Waals surface area contributed by atoms with Crippen molar-refractivity contribution < 1.29 is 4.79 Å². The Balaban J connectivity index is 1.84. The zero-order chi connectivity index (χ0) is 13.7. The number of nitrogens with zero attached hydrogens (tertiary/aromatic N) is 1. The molecular formula is C12H13ClN4OS. The van der Waals surface area contributed by atoms with Gasteiger partial charge in [-0.1, -0.05) is 17.7 Å². The highest BCUT2D eigenvalue weighted by molar-refractivity contribution is 7.13. The van der Waals surface area contributed by atoms with Crippen LogP contribution in [0, 0.1) is 0 Å². The molecule has 2 amide bonds. The fourth-order valence-corrected chi connectivity index (χ4v) is 2.28. The number of hydrogen-bond acceptors (Lipinski definition) is 4.